The van der Waals surface area contributed by atoms with Crippen molar-refractivity contribution in [3.8, 4) is 17.0 Å². The number of rotatable bonds is 1. The first-order valence-electron chi connectivity index (χ1n) is 6.52. The van der Waals surface area contributed by atoms with Crippen LogP contribution in [0, 0.1) is 13.8 Å². The summed E-state index contributed by atoms with van der Waals surface area (Å²) in [5.74, 6) is 1.38. The van der Waals surface area contributed by atoms with Crippen LogP contribution in [0.15, 0.2) is 18.2 Å². The van der Waals surface area contributed by atoms with Gasteiger partial charge >= 0.3 is 0 Å². The molecule has 4 nitrogen and oxygen atoms in total. The van der Waals surface area contributed by atoms with Crippen molar-refractivity contribution in [1.29, 1.82) is 0 Å². The zero-order valence-corrected chi connectivity index (χ0v) is 11.2. The van der Waals surface area contributed by atoms with Crippen LogP contribution in [0.3, 0.4) is 0 Å². The summed E-state index contributed by atoms with van der Waals surface area (Å²) in [6.07, 6.45) is 2.10. The lowest BCUT2D eigenvalue weighted by molar-refractivity contribution is 0.289. The summed E-state index contributed by atoms with van der Waals surface area (Å²) in [5.41, 5.74) is 10.7. The smallest absolute Gasteiger partial charge is 0.150 e. The van der Waals surface area contributed by atoms with Crippen LogP contribution in [-0.4, -0.2) is 16.6 Å². The van der Waals surface area contributed by atoms with Crippen LogP contribution in [0.2, 0.25) is 0 Å². The van der Waals surface area contributed by atoms with E-state index < -0.39 is 0 Å². The molecule has 0 atom stereocenters. The van der Waals surface area contributed by atoms with Crippen LogP contribution in [0.1, 0.15) is 23.4 Å². The Morgan fingerprint density at radius 1 is 1.16 bits per heavy atom. The molecule has 0 radical (unpaired) electrons. The number of ether oxygens (including phenoxy) is 1. The van der Waals surface area contributed by atoms with Gasteiger partial charge in [-0.2, -0.15) is 0 Å². The Morgan fingerprint density at radius 2 is 1.95 bits per heavy atom. The Bertz CT molecular complexity index is 638. The van der Waals surface area contributed by atoms with E-state index in [1.54, 1.807) is 0 Å². The van der Waals surface area contributed by atoms with E-state index in [-0.39, 0.29) is 0 Å². The minimum Gasteiger partial charge on any atom is -0.493 e. The van der Waals surface area contributed by atoms with Crippen LogP contribution in [0.25, 0.3) is 11.3 Å². The number of hydrogen-bond donors (Lipinski definition) is 1. The second-order valence-electron chi connectivity index (χ2n) is 4.87. The first-order valence-corrected chi connectivity index (χ1v) is 6.52. The Labute approximate surface area is 112 Å². The highest BCUT2D eigenvalue weighted by atomic mass is 16.5. The van der Waals surface area contributed by atoms with Gasteiger partial charge in [0.1, 0.15) is 17.3 Å². The molecular formula is C15H17N3O. The summed E-state index contributed by atoms with van der Waals surface area (Å²) in [6.45, 7) is 4.61. The summed E-state index contributed by atoms with van der Waals surface area (Å²) < 4.78 is 5.81. The summed E-state index contributed by atoms with van der Waals surface area (Å²) in [5, 5.41) is 0. The van der Waals surface area contributed by atoms with Crippen molar-refractivity contribution in [2.24, 2.45) is 0 Å². The quantitative estimate of drug-likeness (QED) is 0.851. The van der Waals surface area contributed by atoms with E-state index >= 15 is 0 Å². The Balaban J connectivity index is 2.20. The molecule has 2 heterocycles. The topological polar surface area (TPSA) is 61.0 Å². The molecule has 0 saturated carbocycles. The highest BCUT2D eigenvalue weighted by Gasteiger charge is 2.18. The van der Waals surface area contributed by atoms with Gasteiger partial charge in [0.25, 0.3) is 0 Å². The summed E-state index contributed by atoms with van der Waals surface area (Å²) >= 11 is 0. The second-order valence-corrected chi connectivity index (χ2v) is 4.87. The molecule has 2 aromatic rings. The zero-order valence-electron chi connectivity index (χ0n) is 11.2. The number of hydrogen-bond acceptors (Lipinski definition) is 4. The number of benzene rings is 1. The van der Waals surface area contributed by atoms with Crippen molar-refractivity contribution in [3.05, 3.63) is 35.2 Å². The van der Waals surface area contributed by atoms with Gasteiger partial charge in [-0.3, -0.25) is 0 Å². The standard InChI is InChI=1S/C15H17N3O/c1-9-10(2)18-15(16)13(17-9)12-7-3-5-11-6-4-8-19-14(11)12/h3,5,7H,4,6,8H2,1-2H3,(H2,16,18). The summed E-state index contributed by atoms with van der Waals surface area (Å²) in [6, 6.07) is 6.13. The molecule has 1 aromatic carbocycles. The van der Waals surface area contributed by atoms with Crippen LogP contribution in [-0.2, 0) is 6.42 Å². The van der Waals surface area contributed by atoms with Crippen LogP contribution in [0.5, 0.6) is 5.75 Å². The molecule has 2 N–H and O–H groups in total. The molecular weight excluding hydrogens is 238 g/mol. The molecule has 0 spiro atoms. The van der Waals surface area contributed by atoms with Crippen molar-refractivity contribution in [2.45, 2.75) is 26.7 Å². The van der Waals surface area contributed by atoms with Gasteiger partial charge in [0.05, 0.1) is 18.0 Å². The first-order chi connectivity index (χ1) is 9.16. The van der Waals surface area contributed by atoms with E-state index in [2.05, 4.69) is 16.0 Å². The third-order valence-electron chi connectivity index (χ3n) is 3.52. The minimum absolute atomic E-state index is 0.464. The monoisotopic (exact) mass is 255 g/mol. The lowest BCUT2D eigenvalue weighted by Crippen LogP contribution is -2.10. The molecule has 1 aliphatic heterocycles. The Hall–Kier alpha value is -2.10. The molecule has 0 saturated heterocycles. The van der Waals surface area contributed by atoms with Crippen molar-refractivity contribution >= 4 is 5.82 Å². The van der Waals surface area contributed by atoms with Crippen molar-refractivity contribution in [2.75, 3.05) is 12.3 Å². The van der Waals surface area contributed by atoms with Gasteiger partial charge in [0.2, 0.25) is 0 Å². The molecule has 0 bridgehead atoms. The molecule has 19 heavy (non-hydrogen) atoms. The largest absolute Gasteiger partial charge is 0.493 e. The fraction of sp³-hybridized carbons (Fsp3) is 0.333. The van der Waals surface area contributed by atoms with Crippen molar-refractivity contribution in [1.82, 2.24) is 9.97 Å². The van der Waals surface area contributed by atoms with Gasteiger partial charge < -0.3 is 10.5 Å². The van der Waals surface area contributed by atoms with E-state index in [1.807, 2.05) is 26.0 Å². The van der Waals surface area contributed by atoms with E-state index in [9.17, 15) is 0 Å². The van der Waals surface area contributed by atoms with Crippen molar-refractivity contribution < 1.29 is 4.74 Å². The lowest BCUT2D eigenvalue weighted by Gasteiger charge is -2.20. The molecule has 0 aliphatic carbocycles. The van der Waals surface area contributed by atoms with Crippen LogP contribution >= 0.6 is 0 Å². The number of aryl methyl sites for hydroxylation is 3. The lowest BCUT2D eigenvalue weighted by atomic mass is 10.0. The summed E-state index contributed by atoms with van der Waals surface area (Å²) in [4.78, 5) is 8.94. The molecule has 0 amide bonds. The molecule has 1 aliphatic rings. The van der Waals surface area contributed by atoms with Gasteiger partial charge in [-0.1, -0.05) is 12.1 Å². The SMILES string of the molecule is Cc1nc(N)c(-c2cccc3c2OCCC3)nc1C. The number of nitrogen functional groups attached to an aromatic ring is 1. The molecule has 0 unspecified atom stereocenters. The van der Waals surface area contributed by atoms with E-state index in [0.29, 0.717) is 5.82 Å². The number of aromatic nitrogens is 2. The molecule has 1 aromatic heterocycles. The van der Waals surface area contributed by atoms with Gasteiger partial charge in [-0.15, -0.1) is 0 Å². The molecule has 4 heteroatoms. The molecule has 0 fully saturated rings. The average Bonchev–Trinajstić information content (AvgIpc) is 2.42. The maximum Gasteiger partial charge on any atom is 0.150 e. The van der Waals surface area contributed by atoms with E-state index in [4.69, 9.17) is 10.5 Å². The van der Waals surface area contributed by atoms with Gasteiger partial charge in [-0.25, -0.2) is 9.97 Å². The highest BCUT2D eigenvalue weighted by molar-refractivity contribution is 5.76. The highest BCUT2D eigenvalue weighted by Crippen LogP contribution is 2.37. The number of nitrogens with zero attached hydrogens (tertiary/aromatic N) is 2. The third-order valence-corrected chi connectivity index (χ3v) is 3.52. The zero-order chi connectivity index (χ0) is 13.4. The molecule has 98 valence electrons. The minimum atomic E-state index is 0.464. The normalized spacial score (nSPS) is 13.8. The van der Waals surface area contributed by atoms with Crippen LogP contribution in [0.4, 0.5) is 5.82 Å². The first kappa shape index (κ1) is 12.0. The number of nitrogens with two attached hydrogens (primary N) is 1. The fourth-order valence-electron chi connectivity index (χ4n) is 2.39. The number of anilines is 1. The van der Waals surface area contributed by atoms with E-state index in [0.717, 1.165) is 47.8 Å². The second kappa shape index (κ2) is 4.53. The Morgan fingerprint density at radius 3 is 2.79 bits per heavy atom. The van der Waals surface area contributed by atoms with E-state index in [1.165, 1.54) is 5.56 Å². The van der Waals surface area contributed by atoms with Gasteiger partial charge in [-0.05, 0) is 38.3 Å². The average molecular weight is 255 g/mol. The number of fused-ring (bicyclic) bond motifs is 1. The predicted octanol–water partition coefficient (Wildman–Crippen LogP) is 2.67. The number of para-hydroxylation sites is 1. The maximum absolute atomic E-state index is 6.03. The maximum atomic E-state index is 6.03. The fourth-order valence-corrected chi connectivity index (χ4v) is 2.39. The van der Waals surface area contributed by atoms with Crippen LogP contribution < -0.4 is 10.5 Å². The van der Waals surface area contributed by atoms with Crippen molar-refractivity contribution in [3.63, 3.8) is 0 Å². The van der Waals surface area contributed by atoms with Gasteiger partial charge in [0, 0.05) is 5.56 Å². The Kier molecular flexibility index (Phi) is 2.85. The van der Waals surface area contributed by atoms with Gasteiger partial charge in [0.15, 0.2) is 0 Å². The predicted molar refractivity (Wildman–Crippen MR) is 75.2 cm³/mol. The third kappa shape index (κ3) is 2.03. The molecule has 3 rings (SSSR count). The summed E-state index contributed by atoms with van der Waals surface area (Å²) in [7, 11) is 0.